The second-order valence-electron chi connectivity index (χ2n) is 4.97. The van der Waals surface area contributed by atoms with E-state index in [0.29, 0.717) is 5.92 Å². The quantitative estimate of drug-likeness (QED) is 0.625. The number of hydrogen-bond acceptors (Lipinski definition) is 3. The van der Waals surface area contributed by atoms with E-state index in [1.165, 1.54) is 5.56 Å². The lowest BCUT2D eigenvalue weighted by atomic mass is 9.96. The summed E-state index contributed by atoms with van der Waals surface area (Å²) in [4.78, 5) is 14.6. The van der Waals surface area contributed by atoms with Gasteiger partial charge in [-0.1, -0.05) is 19.9 Å². The van der Waals surface area contributed by atoms with Gasteiger partial charge < -0.3 is 4.74 Å². The van der Waals surface area contributed by atoms with Crippen LogP contribution in [0.1, 0.15) is 43.7 Å². The topological polar surface area (TPSA) is 38.7 Å². The van der Waals surface area contributed by atoms with Gasteiger partial charge in [-0.2, -0.15) is 4.99 Å². The highest BCUT2D eigenvalue weighted by atomic mass is 79.9. The Bertz CT molecular complexity index is 515. The summed E-state index contributed by atoms with van der Waals surface area (Å²) < 4.78 is 6.28. The first-order valence-electron chi connectivity index (χ1n) is 6.01. The lowest BCUT2D eigenvalue weighted by molar-refractivity contribution is 0.410. The molecule has 0 saturated heterocycles. The molecule has 0 aromatic heterocycles. The summed E-state index contributed by atoms with van der Waals surface area (Å²) >= 11 is 3.56. The van der Waals surface area contributed by atoms with E-state index in [9.17, 15) is 4.79 Å². The molecule has 1 aliphatic carbocycles. The summed E-state index contributed by atoms with van der Waals surface area (Å²) in [6, 6.07) is 4.14. The molecule has 4 heteroatoms. The maximum Gasteiger partial charge on any atom is 0.235 e. The van der Waals surface area contributed by atoms with Gasteiger partial charge in [0.15, 0.2) is 0 Å². The largest absolute Gasteiger partial charge is 0.496 e. The number of isocyanates is 1. The molecule has 0 N–H and O–H groups in total. The number of ether oxygens (including phenoxy) is 1. The van der Waals surface area contributed by atoms with Gasteiger partial charge in [-0.15, -0.1) is 0 Å². The molecule has 0 aliphatic heterocycles. The van der Waals surface area contributed by atoms with Gasteiger partial charge in [-0.05, 0) is 51.9 Å². The molecule has 18 heavy (non-hydrogen) atoms. The van der Waals surface area contributed by atoms with Crippen LogP contribution in [0, 0.1) is 0 Å². The summed E-state index contributed by atoms with van der Waals surface area (Å²) in [6.45, 7) is 4.27. The van der Waals surface area contributed by atoms with Gasteiger partial charge in [-0.25, -0.2) is 4.79 Å². The Morgan fingerprint density at radius 3 is 2.56 bits per heavy atom. The molecule has 1 fully saturated rings. The third-order valence-electron chi connectivity index (χ3n) is 3.43. The number of carbonyl (C=O) groups excluding carboxylic acids is 1. The van der Waals surface area contributed by atoms with Crippen molar-refractivity contribution in [1.82, 2.24) is 0 Å². The van der Waals surface area contributed by atoms with E-state index >= 15 is 0 Å². The van der Waals surface area contributed by atoms with Crippen LogP contribution in [0.4, 0.5) is 0 Å². The third-order valence-corrected chi connectivity index (χ3v) is 4.25. The van der Waals surface area contributed by atoms with E-state index in [4.69, 9.17) is 4.74 Å². The smallest absolute Gasteiger partial charge is 0.235 e. The molecule has 0 bridgehead atoms. The van der Waals surface area contributed by atoms with Crippen molar-refractivity contribution in [2.45, 2.75) is 38.1 Å². The van der Waals surface area contributed by atoms with E-state index in [0.717, 1.165) is 28.6 Å². The van der Waals surface area contributed by atoms with Crippen LogP contribution >= 0.6 is 15.9 Å². The van der Waals surface area contributed by atoms with Crippen LogP contribution in [0.15, 0.2) is 21.6 Å². The standard InChI is InChI=1S/C14H16BrNO2/c1-9(2)10-6-11(13(15)12(7-10)18-3)14(4-5-14)16-8-17/h6-7,9H,4-5H2,1-3H3. The summed E-state index contributed by atoms with van der Waals surface area (Å²) in [5, 5.41) is 0. The molecule has 1 aromatic rings. The van der Waals surface area contributed by atoms with E-state index in [1.807, 2.05) is 6.07 Å². The molecule has 3 nitrogen and oxygen atoms in total. The summed E-state index contributed by atoms with van der Waals surface area (Å²) in [5.74, 6) is 1.20. The molecule has 2 rings (SSSR count). The van der Waals surface area contributed by atoms with Gasteiger partial charge in [0, 0.05) is 0 Å². The Labute approximate surface area is 115 Å². The van der Waals surface area contributed by atoms with E-state index < -0.39 is 0 Å². The molecule has 0 radical (unpaired) electrons. The molecule has 0 heterocycles. The Balaban J connectivity index is 2.59. The first-order chi connectivity index (χ1) is 8.54. The first kappa shape index (κ1) is 13.3. The van der Waals surface area contributed by atoms with Crippen molar-refractivity contribution in [2.24, 2.45) is 4.99 Å². The normalized spacial score (nSPS) is 16.3. The highest BCUT2D eigenvalue weighted by Crippen LogP contribution is 2.53. The minimum absolute atomic E-state index is 0.376. The molecule has 0 unspecified atom stereocenters. The van der Waals surface area contributed by atoms with Crippen molar-refractivity contribution >= 4 is 22.0 Å². The maximum absolute atomic E-state index is 10.6. The lowest BCUT2D eigenvalue weighted by Crippen LogP contribution is -2.06. The fourth-order valence-electron chi connectivity index (χ4n) is 2.09. The molecule has 0 atom stereocenters. The van der Waals surface area contributed by atoms with Crippen molar-refractivity contribution in [3.63, 3.8) is 0 Å². The number of halogens is 1. The average Bonchev–Trinajstić information content (AvgIpc) is 3.10. The van der Waals surface area contributed by atoms with Gasteiger partial charge in [0.2, 0.25) is 6.08 Å². The van der Waals surface area contributed by atoms with Crippen LogP contribution in [0.3, 0.4) is 0 Å². The zero-order valence-electron chi connectivity index (χ0n) is 10.8. The monoisotopic (exact) mass is 309 g/mol. The Morgan fingerprint density at radius 1 is 1.44 bits per heavy atom. The fraction of sp³-hybridized carbons (Fsp3) is 0.500. The van der Waals surface area contributed by atoms with Crippen molar-refractivity contribution in [2.75, 3.05) is 7.11 Å². The zero-order chi connectivity index (χ0) is 13.3. The number of benzene rings is 1. The van der Waals surface area contributed by atoms with Crippen molar-refractivity contribution in [3.05, 3.63) is 27.7 Å². The van der Waals surface area contributed by atoms with E-state index in [2.05, 4.69) is 40.8 Å². The van der Waals surface area contributed by atoms with Gasteiger partial charge in [0.05, 0.1) is 17.1 Å². The second kappa shape index (κ2) is 4.87. The van der Waals surface area contributed by atoms with Gasteiger partial charge in [0.1, 0.15) is 5.75 Å². The number of nitrogens with zero attached hydrogens (tertiary/aromatic N) is 1. The summed E-state index contributed by atoms with van der Waals surface area (Å²) in [6.07, 6.45) is 3.48. The predicted molar refractivity (Wildman–Crippen MR) is 73.8 cm³/mol. The van der Waals surface area contributed by atoms with E-state index in [1.54, 1.807) is 13.2 Å². The number of hydrogen-bond donors (Lipinski definition) is 0. The van der Waals surface area contributed by atoms with Crippen molar-refractivity contribution < 1.29 is 9.53 Å². The molecule has 1 saturated carbocycles. The average molecular weight is 310 g/mol. The van der Waals surface area contributed by atoms with Crippen molar-refractivity contribution in [3.8, 4) is 5.75 Å². The Hall–Kier alpha value is -1.12. The number of methoxy groups -OCH3 is 1. The van der Waals surface area contributed by atoms with Crippen molar-refractivity contribution in [1.29, 1.82) is 0 Å². The minimum Gasteiger partial charge on any atom is -0.496 e. The van der Waals surface area contributed by atoms with Gasteiger partial charge in [0.25, 0.3) is 0 Å². The molecular formula is C14H16BrNO2. The molecule has 96 valence electrons. The fourth-order valence-corrected chi connectivity index (χ4v) is 2.85. The summed E-state index contributed by atoms with van der Waals surface area (Å²) in [5.41, 5.74) is 1.85. The second-order valence-corrected chi connectivity index (χ2v) is 5.77. The zero-order valence-corrected chi connectivity index (χ0v) is 12.4. The van der Waals surface area contributed by atoms with Crippen LogP contribution in [0.2, 0.25) is 0 Å². The van der Waals surface area contributed by atoms with Crippen LogP contribution in [-0.4, -0.2) is 13.2 Å². The van der Waals surface area contributed by atoms with Gasteiger partial charge in [-0.3, -0.25) is 0 Å². The molecule has 0 spiro atoms. The Morgan fingerprint density at radius 2 is 2.11 bits per heavy atom. The highest BCUT2D eigenvalue weighted by molar-refractivity contribution is 9.10. The van der Waals surface area contributed by atoms with Crippen LogP contribution in [0.25, 0.3) is 0 Å². The molecular weight excluding hydrogens is 294 g/mol. The Kier molecular flexibility index (Phi) is 3.60. The van der Waals surface area contributed by atoms with Crippen LogP contribution < -0.4 is 4.74 Å². The summed E-state index contributed by atoms with van der Waals surface area (Å²) in [7, 11) is 1.65. The minimum atomic E-state index is -0.376. The molecule has 0 amide bonds. The van der Waals surface area contributed by atoms with E-state index in [-0.39, 0.29) is 5.54 Å². The SMILES string of the molecule is COc1cc(C(C)C)cc(C2(N=C=O)CC2)c1Br. The van der Waals surface area contributed by atoms with Gasteiger partial charge >= 0.3 is 0 Å². The number of rotatable bonds is 4. The first-order valence-corrected chi connectivity index (χ1v) is 6.80. The molecule has 1 aromatic carbocycles. The lowest BCUT2D eigenvalue weighted by Gasteiger charge is -2.17. The number of aliphatic imine (C=N–C) groups is 1. The predicted octanol–water partition coefficient (Wildman–Crippen LogP) is 3.91. The molecule has 1 aliphatic rings. The third kappa shape index (κ3) is 2.23. The van der Waals surface area contributed by atoms with Crippen LogP contribution in [-0.2, 0) is 10.3 Å². The highest BCUT2D eigenvalue weighted by Gasteiger charge is 2.46. The van der Waals surface area contributed by atoms with Crippen LogP contribution in [0.5, 0.6) is 5.75 Å². The maximum atomic E-state index is 10.6.